The van der Waals surface area contributed by atoms with Gasteiger partial charge in [0.25, 0.3) is 0 Å². The molecule has 2 aromatic carbocycles. The van der Waals surface area contributed by atoms with Gasteiger partial charge >= 0.3 is 0 Å². The highest BCUT2D eigenvalue weighted by atomic mass is 16.2. The van der Waals surface area contributed by atoms with Crippen LogP contribution in [-0.2, 0) is 22.6 Å². The first kappa shape index (κ1) is 20.8. The van der Waals surface area contributed by atoms with Crippen LogP contribution >= 0.6 is 0 Å². The normalized spacial score (nSPS) is 13.8. The molecule has 3 rings (SSSR count). The molecule has 29 heavy (non-hydrogen) atoms. The molecule has 0 bridgehead atoms. The molecule has 0 spiro atoms. The molecule has 4 nitrogen and oxygen atoms in total. The van der Waals surface area contributed by atoms with Crippen molar-refractivity contribution in [2.45, 2.75) is 45.6 Å². The van der Waals surface area contributed by atoms with Gasteiger partial charge in [0.15, 0.2) is 0 Å². The molecule has 0 unspecified atom stereocenters. The van der Waals surface area contributed by atoms with Gasteiger partial charge in [-0.15, -0.1) is 6.58 Å². The van der Waals surface area contributed by atoms with E-state index in [4.69, 9.17) is 0 Å². The topological polar surface area (TPSA) is 49.4 Å². The number of carbonyl (C=O) groups excluding carboxylic acids is 2. The average molecular weight is 391 g/mol. The lowest BCUT2D eigenvalue weighted by Crippen LogP contribution is -2.35. The largest absolute Gasteiger partial charge is 0.352 e. The van der Waals surface area contributed by atoms with Crippen LogP contribution in [0.15, 0.2) is 61.2 Å². The Morgan fingerprint density at radius 2 is 1.83 bits per heavy atom. The zero-order chi connectivity index (χ0) is 20.6. The molecule has 1 aliphatic carbocycles. The Bertz CT molecular complexity index is 851. The van der Waals surface area contributed by atoms with Crippen molar-refractivity contribution in [3.8, 4) is 0 Å². The highest BCUT2D eigenvalue weighted by molar-refractivity contribution is 5.95. The zero-order valence-corrected chi connectivity index (χ0v) is 17.2. The van der Waals surface area contributed by atoms with Crippen molar-refractivity contribution >= 4 is 17.5 Å². The second kappa shape index (κ2) is 10.1. The summed E-state index contributed by atoms with van der Waals surface area (Å²) >= 11 is 0. The minimum atomic E-state index is -0.0470. The van der Waals surface area contributed by atoms with E-state index in [9.17, 15) is 9.59 Å². The van der Waals surface area contributed by atoms with Crippen LogP contribution in [0.4, 0.5) is 5.69 Å². The molecule has 1 aliphatic rings. The molecule has 4 heteroatoms. The van der Waals surface area contributed by atoms with Gasteiger partial charge in [0.05, 0.1) is 13.0 Å². The second-order valence-corrected chi connectivity index (χ2v) is 7.83. The zero-order valence-electron chi connectivity index (χ0n) is 17.2. The van der Waals surface area contributed by atoms with Crippen molar-refractivity contribution in [2.24, 2.45) is 5.92 Å². The van der Waals surface area contributed by atoms with E-state index in [0.717, 1.165) is 42.5 Å². The van der Waals surface area contributed by atoms with E-state index in [1.807, 2.05) is 29.2 Å². The Hall–Kier alpha value is -2.88. The number of nitrogens with one attached hydrogen (secondary N) is 1. The summed E-state index contributed by atoms with van der Waals surface area (Å²) in [7, 11) is 0. The second-order valence-electron chi connectivity index (χ2n) is 7.83. The summed E-state index contributed by atoms with van der Waals surface area (Å²) in [6.07, 6.45) is 6.13. The quantitative estimate of drug-likeness (QED) is 0.672. The van der Waals surface area contributed by atoms with Crippen molar-refractivity contribution in [3.63, 3.8) is 0 Å². The fraction of sp³-hybridized carbons (Fsp3) is 0.360. The molecular formula is C25H30N2O2. The van der Waals surface area contributed by atoms with Gasteiger partial charge in [-0.25, -0.2) is 0 Å². The highest BCUT2D eigenvalue weighted by Crippen LogP contribution is 2.30. The Labute approximate surface area is 173 Å². The Balaban J connectivity index is 1.83. The van der Waals surface area contributed by atoms with Gasteiger partial charge in [0, 0.05) is 18.2 Å². The summed E-state index contributed by atoms with van der Waals surface area (Å²) in [4.78, 5) is 27.3. The lowest BCUT2D eigenvalue weighted by Gasteiger charge is -2.26. The number of hydrogen-bond donors (Lipinski definition) is 1. The van der Waals surface area contributed by atoms with E-state index in [1.54, 1.807) is 6.08 Å². The predicted octanol–water partition coefficient (Wildman–Crippen LogP) is 4.56. The van der Waals surface area contributed by atoms with Crippen LogP contribution in [0.25, 0.3) is 0 Å². The van der Waals surface area contributed by atoms with Crippen LogP contribution in [0.3, 0.4) is 0 Å². The van der Waals surface area contributed by atoms with Crippen molar-refractivity contribution in [1.82, 2.24) is 5.32 Å². The van der Waals surface area contributed by atoms with Gasteiger partial charge in [-0.2, -0.15) is 0 Å². The SMILES string of the molecule is C=CCNC(=O)Cc1cccc(N(Cc2ccc(C)cc2)C(=O)C2CCCC2)c1. The third-order valence-electron chi connectivity index (χ3n) is 5.46. The van der Waals surface area contributed by atoms with Crippen LogP contribution in [0, 0.1) is 12.8 Å². The summed E-state index contributed by atoms with van der Waals surface area (Å²) in [5.74, 6) is 0.241. The summed E-state index contributed by atoms with van der Waals surface area (Å²) in [6, 6.07) is 16.1. The molecule has 0 aromatic heterocycles. The van der Waals surface area contributed by atoms with E-state index >= 15 is 0 Å². The molecule has 0 saturated heterocycles. The summed E-state index contributed by atoms with van der Waals surface area (Å²) < 4.78 is 0. The number of amides is 2. The number of benzene rings is 2. The minimum absolute atomic E-state index is 0.0470. The van der Waals surface area contributed by atoms with Gasteiger partial charge < -0.3 is 10.2 Å². The Morgan fingerprint density at radius 3 is 2.52 bits per heavy atom. The maximum atomic E-state index is 13.3. The summed E-state index contributed by atoms with van der Waals surface area (Å²) in [5, 5.41) is 2.80. The smallest absolute Gasteiger partial charge is 0.230 e. The molecular weight excluding hydrogens is 360 g/mol. The Kier molecular flexibility index (Phi) is 7.23. The van der Waals surface area contributed by atoms with Crippen LogP contribution in [0.1, 0.15) is 42.4 Å². The number of carbonyl (C=O) groups is 2. The number of nitrogens with zero attached hydrogens (tertiary/aromatic N) is 1. The number of anilines is 1. The first-order valence-electron chi connectivity index (χ1n) is 10.4. The van der Waals surface area contributed by atoms with Gasteiger partial charge in [-0.3, -0.25) is 9.59 Å². The number of aryl methyl sites for hydroxylation is 1. The molecule has 2 amide bonds. The molecule has 1 saturated carbocycles. The standard InChI is InChI=1S/C25H30N2O2/c1-3-15-26-24(28)17-21-7-6-10-23(16-21)27(25(29)22-8-4-5-9-22)18-20-13-11-19(2)12-14-20/h3,6-7,10-14,16,22H,1,4-5,8-9,15,17-18H2,2H3,(H,26,28). The number of hydrogen-bond acceptors (Lipinski definition) is 2. The average Bonchev–Trinajstić information content (AvgIpc) is 3.26. The van der Waals surface area contributed by atoms with Gasteiger partial charge in [0.1, 0.15) is 0 Å². The van der Waals surface area contributed by atoms with Gasteiger partial charge in [-0.1, -0.05) is 60.9 Å². The predicted molar refractivity (Wildman–Crippen MR) is 118 cm³/mol. The molecule has 152 valence electrons. The van der Waals surface area contributed by atoms with E-state index in [-0.39, 0.29) is 24.2 Å². The van der Waals surface area contributed by atoms with Crippen LogP contribution in [-0.4, -0.2) is 18.4 Å². The van der Waals surface area contributed by atoms with Gasteiger partial charge in [0.2, 0.25) is 11.8 Å². The molecule has 0 radical (unpaired) electrons. The lowest BCUT2D eigenvalue weighted by molar-refractivity contribution is -0.122. The molecule has 0 heterocycles. The summed E-state index contributed by atoms with van der Waals surface area (Å²) in [6.45, 7) is 6.68. The molecule has 1 N–H and O–H groups in total. The summed E-state index contributed by atoms with van der Waals surface area (Å²) in [5.41, 5.74) is 4.07. The molecule has 0 aliphatic heterocycles. The lowest BCUT2D eigenvalue weighted by atomic mass is 10.0. The van der Waals surface area contributed by atoms with E-state index in [1.165, 1.54) is 5.56 Å². The fourth-order valence-electron chi connectivity index (χ4n) is 3.83. The third kappa shape index (κ3) is 5.80. The van der Waals surface area contributed by atoms with Crippen LogP contribution in [0.5, 0.6) is 0 Å². The maximum Gasteiger partial charge on any atom is 0.230 e. The van der Waals surface area contributed by atoms with Crippen molar-refractivity contribution in [1.29, 1.82) is 0 Å². The number of rotatable bonds is 8. The highest BCUT2D eigenvalue weighted by Gasteiger charge is 2.28. The molecule has 1 fully saturated rings. The molecule has 2 aromatic rings. The molecule has 0 atom stereocenters. The van der Waals surface area contributed by atoms with Crippen molar-refractivity contribution < 1.29 is 9.59 Å². The fourth-order valence-corrected chi connectivity index (χ4v) is 3.83. The van der Waals surface area contributed by atoms with Crippen molar-refractivity contribution in [3.05, 3.63) is 77.9 Å². The van der Waals surface area contributed by atoms with Gasteiger partial charge in [-0.05, 0) is 43.0 Å². The first-order valence-corrected chi connectivity index (χ1v) is 10.4. The van der Waals surface area contributed by atoms with E-state index in [2.05, 4.69) is 43.1 Å². The van der Waals surface area contributed by atoms with Crippen molar-refractivity contribution in [2.75, 3.05) is 11.4 Å². The van der Waals surface area contributed by atoms with Crippen LogP contribution in [0.2, 0.25) is 0 Å². The van der Waals surface area contributed by atoms with Crippen LogP contribution < -0.4 is 10.2 Å². The Morgan fingerprint density at radius 1 is 1.10 bits per heavy atom. The third-order valence-corrected chi connectivity index (χ3v) is 5.46. The van der Waals surface area contributed by atoms with E-state index < -0.39 is 0 Å². The monoisotopic (exact) mass is 390 g/mol. The maximum absolute atomic E-state index is 13.3. The van der Waals surface area contributed by atoms with E-state index in [0.29, 0.717) is 13.1 Å². The minimum Gasteiger partial charge on any atom is -0.352 e. The first-order chi connectivity index (χ1) is 14.1.